The van der Waals surface area contributed by atoms with E-state index in [-0.39, 0.29) is 0 Å². The van der Waals surface area contributed by atoms with Crippen LogP contribution in [0.15, 0.2) is 47.6 Å². The van der Waals surface area contributed by atoms with Gasteiger partial charge < -0.3 is 5.32 Å². The Morgan fingerprint density at radius 2 is 1.48 bits per heavy atom. The van der Waals surface area contributed by atoms with E-state index in [0.717, 1.165) is 42.2 Å². The molecule has 2 N–H and O–H groups in total. The lowest BCUT2D eigenvalue weighted by Crippen LogP contribution is -2.33. The highest BCUT2D eigenvalue weighted by Crippen LogP contribution is 2.22. The first-order valence-corrected chi connectivity index (χ1v) is 8.88. The van der Waals surface area contributed by atoms with Crippen LogP contribution in [0.2, 0.25) is 0 Å². The maximum absolute atomic E-state index is 12.2. The topological polar surface area (TPSA) is 70.6 Å². The molecule has 0 heterocycles. The Morgan fingerprint density at radius 1 is 0.800 bits per heavy atom. The Hall–Kier alpha value is -2.69. The number of amides is 2. The van der Waals surface area contributed by atoms with Crippen molar-refractivity contribution in [3.63, 3.8) is 0 Å². The van der Waals surface area contributed by atoms with Crippen LogP contribution in [-0.4, -0.2) is 17.5 Å². The summed E-state index contributed by atoms with van der Waals surface area (Å²) in [6, 6.07) is 13.3. The van der Waals surface area contributed by atoms with Gasteiger partial charge in [0.05, 0.1) is 0 Å². The summed E-state index contributed by atoms with van der Waals surface area (Å²) >= 11 is 0. The van der Waals surface area contributed by atoms with Gasteiger partial charge in [-0.3, -0.25) is 9.59 Å². The van der Waals surface area contributed by atoms with Gasteiger partial charge in [-0.2, -0.15) is 5.10 Å². The number of anilines is 1. The zero-order valence-corrected chi connectivity index (χ0v) is 14.3. The quantitative estimate of drug-likeness (QED) is 0.642. The molecule has 2 aromatic rings. The van der Waals surface area contributed by atoms with Crippen molar-refractivity contribution >= 4 is 34.0 Å². The minimum absolute atomic E-state index is 0.622. The normalized spacial score (nSPS) is 15.1. The molecule has 130 valence electrons. The predicted molar refractivity (Wildman–Crippen MR) is 100 cm³/mol. The third-order valence-electron chi connectivity index (χ3n) is 4.49. The highest BCUT2D eigenvalue weighted by molar-refractivity contribution is 6.40. The summed E-state index contributed by atoms with van der Waals surface area (Å²) in [5, 5.41) is 8.75. The van der Waals surface area contributed by atoms with E-state index in [0.29, 0.717) is 5.69 Å². The molecule has 2 amide bonds. The monoisotopic (exact) mass is 337 g/mol. The van der Waals surface area contributed by atoms with E-state index in [2.05, 4.69) is 15.8 Å². The lowest BCUT2D eigenvalue weighted by molar-refractivity contribution is -0.136. The van der Waals surface area contributed by atoms with Crippen molar-refractivity contribution in [2.24, 2.45) is 5.10 Å². The van der Waals surface area contributed by atoms with Gasteiger partial charge in [0.2, 0.25) is 0 Å². The lowest BCUT2D eigenvalue weighted by Gasteiger charge is -2.11. The van der Waals surface area contributed by atoms with E-state index < -0.39 is 11.8 Å². The highest BCUT2D eigenvalue weighted by atomic mass is 16.2. The standard InChI is InChI=1S/C20H23N3O2/c24-19(20(25)23-22-16-11-4-2-1-3-5-12-16)21-18-14-8-10-15-9-6-7-13-17(15)18/h6-10,13-14H,1-5,11-12H2,(H,21,24)(H,23,25). The fraction of sp³-hybridized carbons (Fsp3) is 0.350. The largest absolute Gasteiger partial charge is 0.329 e. The van der Waals surface area contributed by atoms with E-state index in [1.165, 1.54) is 19.3 Å². The van der Waals surface area contributed by atoms with Gasteiger partial charge in [0, 0.05) is 16.8 Å². The van der Waals surface area contributed by atoms with E-state index in [1.54, 1.807) is 6.07 Å². The SMILES string of the molecule is O=C(NN=C1CCCCCCC1)C(=O)Nc1cccc2ccccc12. The van der Waals surface area contributed by atoms with Gasteiger partial charge in [0.25, 0.3) is 0 Å². The number of benzene rings is 2. The summed E-state index contributed by atoms with van der Waals surface area (Å²) < 4.78 is 0. The Bertz CT molecular complexity index is 783. The summed E-state index contributed by atoms with van der Waals surface area (Å²) in [5.41, 5.74) is 4.01. The van der Waals surface area contributed by atoms with Crippen LogP contribution in [0.25, 0.3) is 10.8 Å². The van der Waals surface area contributed by atoms with Gasteiger partial charge in [-0.15, -0.1) is 0 Å². The van der Waals surface area contributed by atoms with E-state index in [9.17, 15) is 9.59 Å². The zero-order valence-electron chi connectivity index (χ0n) is 14.3. The molecule has 1 saturated carbocycles. The summed E-state index contributed by atoms with van der Waals surface area (Å²) in [6.45, 7) is 0. The third kappa shape index (κ3) is 4.66. The second-order valence-electron chi connectivity index (χ2n) is 6.37. The Balaban J connectivity index is 1.63. The van der Waals surface area contributed by atoms with Crippen LogP contribution in [0.1, 0.15) is 44.9 Å². The lowest BCUT2D eigenvalue weighted by atomic mass is 9.99. The molecule has 1 aliphatic rings. The molecule has 1 fully saturated rings. The average Bonchev–Trinajstić information content (AvgIpc) is 2.61. The van der Waals surface area contributed by atoms with Crippen LogP contribution in [0.4, 0.5) is 5.69 Å². The number of rotatable bonds is 2. The summed E-state index contributed by atoms with van der Waals surface area (Å²) in [4.78, 5) is 24.2. The molecule has 0 aromatic heterocycles. The molecule has 0 saturated heterocycles. The second kappa shape index (κ2) is 8.42. The van der Waals surface area contributed by atoms with Crippen molar-refractivity contribution in [3.05, 3.63) is 42.5 Å². The van der Waals surface area contributed by atoms with Crippen LogP contribution in [0.5, 0.6) is 0 Å². The van der Waals surface area contributed by atoms with Crippen molar-refractivity contribution in [1.29, 1.82) is 0 Å². The fourth-order valence-electron chi connectivity index (χ4n) is 3.12. The molecule has 3 rings (SSSR count). The third-order valence-corrected chi connectivity index (χ3v) is 4.49. The number of hydrogen-bond donors (Lipinski definition) is 2. The maximum Gasteiger partial charge on any atom is 0.329 e. The molecule has 0 radical (unpaired) electrons. The molecule has 0 atom stereocenters. The van der Waals surface area contributed by atoms with Gasteiger partial charge in [-0.25, -0.2) is 5.43 Å². The van der Waals surface area contributed by atoms with Crippen LogP contribution in [0.3, 0.4) is 0 Å². The van der Waals surface area contributed by atoms with Gasteiger partial charge in [0.15, 0.2) is 0 Å². The van der Waals surface area contributed by atoms with Crippen molar-refractivity contribution in [2.45, 2.75) is 44.9 Å². The Labute approximate surface area is 147 Å². The average molecular weight is 337 g/mol. The van der Waals surface area contributed by atoms with Crippen LogP contribution >= 0.6 is 0 Å². The number of nitrogens with zero attached hydrogens (tertiary/aromatic N) is 1. The fourth-order valence-corrected chi connectivity index (χ4v) is 3.12. The molecule has 0 bridgehead atoms. The van der Waals surface area contributed by atoms with Gasteiger partial charge in [-0.05, 0) is 37.1 Å². The predicted octanol–water partition coefficient (Wildman–Crippen LogP) is 3.99. The van der Waals surface area contributed by atoms with E-state index in [1.807, 2.05) is 36.4 Å². The first-order chi connectivity index (χ1) is 12.2. The number of hydrazone groups is 1. The van der Waals surface area contributed by atoms with Crippen molar-refractivity contribution < 1.29 is 9.59 Å². The number of hydrogen-bond acceptors (Lipinski definition) is 3. The molecule has 0 aliphatic heterocycles. The summed E-state index contributed by atoms with van der Waals surface area (Å²) in [7, 11) is 0. The molecule has 5 heteroatoms. The zero-order chi connectivity index (χ0) is 17.5. The molecule has 0 unspecified atom stereocenters. The Kier molecular flexibility index (Phi) is 5.77. The second-order valence-corrected chi connectivity index (χ2v) is 6.37. The van der Waals surface area contributed by atoms with Crippen LogP contribution < -0.4 is 10.7 Å². The van der Waals surface area contributed by atoms with Crippen molar-refractivity contribution in [3.8, 4) is 0 Å². The molecule has 5 nitrogen and oxygen atoms in total. The number of carbonyl (C=O) groups excluding carboxylic acids is 2. The smallest absolute Gasteiger partial charge is 0.317 e. The minimum Gasteiger partial charge on any atom is -0.317 e. The number of nitrogens with one attached hydrogen (secondary N) is 2. The highest BCUT2D eigenvalue weighted by Gasteiger charge is 2.15. The van der Waals surface area contributed by atoms with Gasteiger partial charge in [-0.1, -0.05) is 55.7 Å². The van der Waals surface area contributed by atoms with Crippen molar-refractivity contribution in [2.75, 3.05) is 5.32 Å². The Morgan fingerprint density at radius 3 is 2.28 bits per heavy atom. The molecule has 1 aliphatic carbocycles. The first kappa shape index (κ1) is 17.1. The van der Waals surface area contributed by atoms with Gasteiger partial charge in [0.1, 0.15) is 0 Å². The first-order valence-electron chi connectivity index (χ1n) is 8.88. The van der Waals surface area contributed by atoms with E-state index >= 15 is 0 Å². The molecular weight excluding hydrogens is 314 g/mol. The van der Waals surface area contributed by atoms with E-state index in [4.69, 9.17) is 0 Å². The van der Waals surface area contributed by atoms with Crippen LogP contribution in [-0.2, 0) is 9.59 Å². The molecule has 0 spiro atoms. The van der Waals surface area contributed by atoms with Crippen LogP contribution in [0, 0.1) is 0 Å². The summed E-state index contributed by atoms with van der Waals surface area (Å²) in [6.07, 6.45) is 7.65. The maximum atomic E-state index is 12.2. The minimum atomic E-state index is -0.734. The number of carbonyl (C=O) groups is 2. The molecule has 25 heavy (non-hydrogen) atoms. The summed E-state index contributed by atoms with van der Waals surface area (Å²) in [5.74, 6) is -1.44. The van der Waals surface area contributed by atoms with Gasteiger partial charge >= 0.3 is 11.8 Å². The van der Waals surface area contributed by atoms with Crippen molar-refractivity contribution in [1.82, 2.24) is 5.43 Å². The molecular formula is C20H23N3O2. The number of fused-ring (bicyclic) bond motifs is 1. The molecule has 2 aromatic carbocycles.